The minimum atomic E-state index is 0.364. The lowest BCUT2D eigenvalue weighted by Crippen LogP contribution is -2.18. The van der Waals surface area contributed by atoms with Gasteiger partial charge < -0.3 is 0 Å². The van der Waals surface area contributed by atoms with Crippen LogP contribution in [-0.4, -0.2) is 6.29 Å². The Morgan fingerprint density at radius 2 is 2.14 bits per heavy atom. The first-order chi connectivity index (χ1) is 6.58. The highest BCUT2D eigenvalue weighted by Crippen LogP contribution is 2.40. The van der Waals surface area contributed by atoms with Crippen molar-refractivity contribution in [1.82, 2.24) is 0 Å². The first-order valence-corrected chi connectivity index (χ1v) is 5.37. The van der Waals surface area contributed by atoms with Crippen molar-refractivity contribution in [1.29, 1.82) is 0 Å². The van der Waals surface area contributed by atoms with E-state index in [0.717, 1.165) is 12.7 Å². The van der Waals surface area contributed by atoms with Gasteiger partial charge in [0.05, 0.1) is 0 Å². The van der Waals surface area contributed by atoms with Crippen LogP contribution in [0.15, 0.2) is 23.3 Å². The Bertz CT molecular complexity index is 269. The Balaban J connectivity index is 2.75. The fourth-order valence-electron chi connectivity index (χ4n) is 2.12. The standard InChI is InChI=1S/C13H20O/c1-11-12(7-4-5-10-14)8-6-9-13(11,2)3/h4-5,10H,6-9H2,1-3H3/b5-4+. The van der Waals surface area contributed by atoms with E-state index in [1.165, 1.54) is 30.4 Å². The zero-order valence-corrected chi connectivity index (χ0v) is 9.47. The average Bonchev–Trinajstić information content (AvgIpc) is 2.13. The highest BCUT2D eigenvalue weighted by Gasteiger charge is 2.25. The van der Waals surface area contributed by atoms with Crippen molar-refractivity contribution >= 4 is 6.29 Å². The summed E-state index contributed by atoms with van der Waals surface area (Å²) in [5, 5.41) is 0. The van der Waals surface area contributed by atoms with Crippen molar-refractivity contribution in [2.75, 3.05) is 0 Å². The molecule has 14 heavy (non-hydrogen) atoms. The van der Waals surface area contributed by atoms with Crippen LogP contribution in [0.1, 0.15) is 46.5 Å². The number of hydrogen-bond acceptors (Lipinski definition) is 1. The van der Waals surface area contributed by atoms with Gasteiger partial charge >= 0.3 is 0 Å². The Labute approximate surface area is 86.9 Å². The van der Waals surface area contributed by atoms with E-state index in [0.29, 0.717) is 5.41 Å². The number of hydrogen-bond donors (Lipinski definition) is 0. The van der Waals surface area contributed by atoms with Gasteiger partial charge in [0.15, 0.2) is 0 Å². The molecule has 0 heterocycles. The van der Waals surface area contributed by atoms with Crippen LogP contribution in [0.3, 0.4) is 0 Å². The van der Waals surface area contributed by atoms with Gasteiger partial charge in [-0.3, -0.25) is 4.79 Å². The highest BCUT2D eigenvalue weighted by molar-refractivity contribution is 5.64. The quantitative estimate of drug-likeness (QED) is 0.379. The molecule has 0 unspecified atom stereocenters. The topological polar surface area (TPSA) is 17.1 Å². The van der Waals surface area contributed by atoms with Crippen LogP contribution in [-0.2, 0) is 4.79 Å². The third-order valence-corrected chi connectivity index (χ3v) is 3.40. The van der Waals surface area contributed by atoms with Crippen molar-refractivity contribution in [3.8, 4) is 0 Å². The summed E-state index contributed by atoms with van der Waals surface area (Å²) < 4.78 is 0. The third-order valence-electron chi connectivity index (χ3n) is 3.40. The van der Waals surface area contributed by atoms with Crippen LogP contribution >= 0.6 is 0 Å². The number of rotatable bonds is 3. The van der Waals surface area contributed by atoms with Gasteiger partial charge in [0.2, 0.25) is 0 Å². The number of carbonyl (C=O) groups is 1. The molecule has 0 spiro atoms. The van der Waals surface area contributed by atoms with E-state index in [2.05, 4.69) is 20.8 Å². The maximum atomic E-state index is 10.2. The smallest absolute Gasteiger partial charge is 0.142 e. The molecule has 1 aliphatic carbocycles. The van der Waals surface area contributed by atoms with Gasteiger partial charge in [-0.25, -0.2) is 0 Å². The van der Waals surface area contributed by atoms with Crippen LogP contribution in [0.2, 0.25) is 0 Å². The van der Waals surface area contributed by atoms with Crippen molar-refractivity contribution < 1.29 is 4.79 Å². The molecular formula is C13H20O. The van der Waals surface area contributed by atoms with Crippen molar-refractivity contribution in [2.24, 2.45) is 5.41 Å². The minimum absolute atomic E-state index is 0.364. The largest absolute Gasteiger partial charge is 0.299 e. The molecule has 0 saturated heterocycles. The molecule has 0 amide bonds. The van der Waals surface area contributed by atoms with Crippen LogP contribution in [0, 0.1) is 5.41 Å². The lowest BCUT2D eigenvalue weighted by Gasteiger charge is -2.33. The van der Waals surface area contributed by atoms with E-state index < -0.39 is 0 Å². The summed E-state index contributed by atoms with van der Waals surface area (Å²) in [6.45, 7) is 6.86. The normalized spacial score (nSPS) is 21.6. The fourth-order valence-corrected chi connectivity index (χ4v) is 2.12. The molecule has 0 saturated carbocycles. The van der Waals surface area contributed by atoms with Gasteiger partial charge in [0.25, 0.3) is 0 Å². The van der Waals surface area contributed by atoms with Gasteiger partial charge in [0, 0.05) is 0 Å². The molecule has 0 N–H and O–H groups in total. The molecular weight excluding hydrogens is 172 g/mol. The van der Waals surface area contributed by atoms with Gasteiger partial charge in [-0.05, 0) is 44.1 Å². The lowest BCUT2D eigenvalue weighted by atomic mass is 9.72. The van der Waals surface area contributed by atoms with Gasteiger partial charge in [-0.15, -0.1) is 0 Å². The second kappa shape index (κ2) is 4.59. The zero-order chi connectivity index (χ0) is 10.6. The van der Waals surface area contributed by atoms with E-state index in [1.54, 1.807) is 6.08 Å². The summed E-state index contributed by atoms with van der Waals surface area (Å²) in [5.74, 6) is 0. The molecule has 1 aliphatic rings. The molecule has 1 nitrogen and oxygen atoms in total. The summed E-state index contributed by atoms with van der Waals surface area (Å²) in [4.78, 5) is 10.2. The van der Waals surface area contributed by atoms with Crippen LogP contribution < -0.4 is 0 Å². The molecule has 0 aromatic carbocycles. The first kappa shape index (κ1) is 11.2. The van der Waals surface area contributed by atoms with Crippen LogP contribution in [0.25, 0.3) is 0 Å². The maximum Gasteiger partial charge on any atom is 0.142 e. The van der Waals surface area contributed by atoms with E-state index in [4.69, 9.17) is 0 Å². The van der Waals surface area contributed by atoms with E-state index in [-0.39, 0.29) is 0 Å². The summed E-state index contributed by atoms with van der Waals surface area (Å²) in [6, 6.07) is 0. The van der Waals surface area contributed by atoms with Gasteiger partial charge in [0.1, 0.15) is 6.29 Å². The average molecular weight is 192 g/mol. The lowest BCUT2D eigenvalue weighted by molar-refractivity contribution is -0.104. The number of allylic oxidation sites excluding steroid dienone is 4. The highest BCUT2D eigenvalue weighted by atomic mass is 16.1. The van der Waals surface area contributed by atoms with Crippen LogP contribution in [0.4, 0.5) is 0 Å². The molecule has 0 radical (unpaired) electrons. The maximum absolute atomic E-state index is 10.2. The van der Waals surface area contributed by atoms with E-state index in [1.807, 2.05) is 6.08 Å². The third kappa shape index (κ3) is 2.57. The Morgan fingerprint density at radius 3 is 2.79 bits per heavy atom. The number of aldehydes is 1. The molecule has 1 heteroatoms. The van der Waals surface area contributed by atoms with E-state index in [9.17, 15) is 4.79 Å². The summed E-state index contributed by atoms with van der Waals surface area (Å²) in [7, 11) is 0. The Hall–Kier alpha value is -0.850. The number of carbonyl (C=O) groups excluding carboxylic acids is 1. The Morgan fingerprint density at radius 1 is 1.43 bits per heavy atom. The molecule has 0 aliphatic heterocycles. The van der Waals surface area contributed by atoms with E-state index >= 15 is 0 Å². The molecule has 0 atom stereocenters. The van der Waals surface area contributed by atoms with Gasteiger partial charge in [-0.2, -0.15) is 0 Å². The first-order valence-electron chi connectivity index (χ1n) is 5.37. The van der Waals surface area contributed by atoms with Crippen molar-refractivity contribution in [3.05, 3.63) is 23.3 Å². The Kier molecular flexibility index (Phi) is 3.68. The molecule has 78 valence electrons. The van der Waals surface area contributed by atoms with Crippen molar-refractivity contribution in [2.45, 2.75) is 46.5 Å². The predicted octanol–water partition coefficient (Wildman–Crippen LogP) is 3.66. The fraction of sp³-hybridized carbons (Fsp3) is 0.615. The second-order valence-corrected chi connectivity index (χ2v) is 4.73. The second-order valence-electron chi connectivity index (χ2n) is 4.73. The SMILES string of the molecule is CC1=C(C/C=C/C=O)CCCC1(C)C. The summed E-state index contributed by atoms with van der Waals surface area (Å²) in [5.41, 5.74) is 3.42. The summed E-state index contributed by atoms with van der Waals surface area (Å²) in [6.07, 6.45) is 9.15. The molecule has 0 aromatic heterocycles. The zero-order valence-electron chi connectivity index (χ0n) is 9.47. The minimum Gasteiger partial charge on any atom is -0.299 e. The molecule has 0 fully saturated rings. The molecule has 1 rings (SSSR count). The van der Waals surface area contributed by atoms with Gasteiger partial charge in [-0.1, -0.05) is 31.1 Å². The molecule has 0 aromatic rings. The van der Waals surface area contributed by atoms with Crippen LogP contribution in [0.5, 0.6) is 0 Å². The predicted molar refractivity (Wildman–Crippen MR) is 60.2 cm³/mol. The summed E-state index contributed by atoms with van der Waals surface area (Å²) >= 11 is 0. The van der Waals surface area contributed by atoms with Crippen molar-refractivity contribution in [3.63, 3.8) is 0 Å². The molecule has 0 bridgehead atoms. The monoisotopic (exact) mass is 192 g/mol.